The average Bonchev–Trinajstić information content (AvgIpc) is 2.98. The van der Waals surface area contributed by atoms with Gasteiger partial charge in [-0.15, -0.1) is 0 Å². The number of aromatic nitrogens is 3. The van der Waals surface area contributed by atoms with Gasteiger partial charge in [0.15, 0.2) is 17.5 Å². The third kappa shape index (κ3) is 13.0. The van der Waals surface area contributed by atoms with Crippen molar-refractivity contribution in [3.05, 3.63) is 17.5 Å². The minimum Gasteiger partial charge on any atom is -0.377 e. The van der Waals surface area contributed by atoms with Crippen molar-refractivity contribution in [1.29, 1.82) is 0 Å². The van der Waals surface area contributed by atoms with Crippen molar-refractivity contribution in [1.82, 2.24) is 15.0 Å². The van der Waals surface area contributed by atoms with E-state index in [4.69, 9.17) is 71.8 Å². The van der Waals surface area contributed by atoms with Crippen LogP contribution in [0.3, 0.4) is 0 Å². The normalized spacial score (nSPS) is 28.4. The van der Waals surface area contributed by atoms with E-state index in [0.29, 0.717) is 136 Å². The molecule has 15 nitrogen and oxygen atoms in total. The number of nitrogens with zero attached hydrogens (tertiary/aromatic N) is 3. The van der Waals surface area contributed by atoms with Gasteiger partial charge in [0.25, 0.3) is 0 Å². The summed E-state index contributed by atoms with van der Waals surface area (Å²) in [5.74, 6) is 1.16. The minimum atomic E-state index is -0.596. The largest absolute Gasteiger partial charge is 0.377 e. The van der Waals surface area contributed by atoms with Crippen molar-refractivity contribution in [3.63, 3.8) is 0 Å². The third-order valence-corrected chi connectivity index (χ3v) is 6.23. The summed E-state index contributed by atoms with van der Waals surface area (Å²) in [5.41, 5.74) is 0. The fourth-order valence-corrected chi connectivity index (χ4v) is 4.09. The summed E-state index contributed by atoms with van der Waals surface area (Å²) in [5, 5.41) is 0. The van der Waals surface area contributed by atoms with Gasteiger partial charge in [0.1, 0.15) is 18.3 Å². The van der Waals surface area contributed by atoms with Crippen molar-refractivity contribution in [2.24, 2.45) is 0 Å². The first kappa shape index (κ1) is 33.4. The lowest BCUT2D eigenvalue weighted by Gasteiger charge is -2.24. The Labute approximate surface area is 246 Å². The van der Waals surface area contributed by atoms with Gasteiger partial charge in [0.2, 0.25) is 0 Å². The van der Waals surface area contributed by atoms with E-state index in [9.17, 15) is 0 Å². The maximum Gasteiger partial charge on any atom is 0.163 e. The molecular weight excluding hydrogens is 558 g/mol. The van der Waals surface area contributed by atoms with Gasteiger partial charge in [-0.2, -0.15) is 0 Å². The van der Waals surface area contributed by atoms with Crippen LogP contribution in [0.15, 0.2) is 0 Å². The second kappa shape index (κ2) is 21.3. The van der Waals surface area contributed by atoms with Crippen LogP contribution in [0.25, 0.3) is 0 Å². The molecule has 15 heteroatoms. The fraction of sp³-hybridized carbons (Fsp3) is 0.889. The van der Waals surface area contributed by atoms with Gasteiger partial charge in [-0.3, -0.25) is 0 Å². The molecule has 0 spiro atoms. The van der Waals surface area contributed by atoms with E-state index in [1.165, 1.54) is 0 Å². The Morgan fingerprint density at radius 1 is 0.286 bits per heavy atom. The zero-order chi connectivity index (χ0) is 28.9. The molecule has 0 saturated carbocycles. The molecule has 3 saturated heterocycles. The average molecular weight is 604 g/mol. The topological polar surface area (TPSA) is 149 Å². The summed E-state index contributed by atoms with van der Waals surface area (Å²) in [4.78, 5) is 14.4. The molecular formula is C27H45N3O12. The molecule has 0 radical (unpaired) electrons. The van der Waals surface area contributed by atoms with Crippen LogP contribution in [0.1, 0.15) is 35.8 Å². The van der Waals surface area contributed by atoms with Gasteiger partial charge in [0, 0.05) is 0 Å². The fourth-order valence-electron chi connectivity index (χ4n) is 4.09. The molecule has 3 unspecified atom stereocenters. The Hall–Kier alpha value is -1.47. The maximum atomic E-state index is 6.15. The van der Waals surface area contributed by atoms with Crippen molar-refractivity contribution in [2.75, 3.05) is 139 Å². The minimum absolute atomic E-state index is 0.215. The highest BCUT2D eigenvalue weighted by molar-refractivity contribution is 5.06. The molecule has 0 bridgehead atoms. The molecule has 3 aliphatic rings. The molecule has 0 amide bonds. The monoisotopic (exact) mass is 603 g/mol. The Morgan fingerprint density at radius 3 is 0.762 bits per heavy atom. The highest BCUT2D eigenvalue weighted by Crippen LogP contribution is 2.23. The second-order valence-electron chi connectivity index (χ2n) is 9.39. The first-order valence-corrected chi connectivity index (χ1v) is 14.7. The molecule has 4 rings (SSSR count). The molecule has 3 atom stereocenters. The van der Waals surface area contributed by atoms with Crippen molar-refractivity contribution in [3.8, 4) is 0 Å². The molecule has 3 fully saturated rings. The summed E-state index contributed by atoms with van der Waals surface area (Å²) in [6, 6.07) is 0. The van der Waals surface area contributed by atoms with Crippen molar-refractivity contribution < 1.29 is 56.8 Å². The summed E-state index contributed by atoms with van der Waals surface area (Å²) in [6.07, 6.45) is -1.79. The van der Waals surface area contributed by atoms with Gasteiger partial charge >= 0.3 is 0 Å². The van der Waals surface area contributed by atoms with E-state index in [2.05, 4.69) is 0 Å². The quantitative estimate of drug-likeness (QED) is 0.464. The predicted molar refractivity (Wildman–Crippen MR) is 143 cm³/mol. The van der Waals surface area contributed by atoms with Gasteiger partial charge in [-0.1, -0.05) is 0 Å². The van der Waals surface area contributed by atoms with Crippen LogP contribution < -0.4 is 0 Å². The number of hydrogen-bond donors (Lipinski definition) is 0. The number of ether oxygens (including phenoxy) is 12. The molecule has 1 aromatic rings. The van der Waals surface area contributed by atoms with Crippen molar-refractivity contribution in [2.45, 2.75) is 18.3 Å². The molecule has 3 aliphatic heterocycles. The number of hydrogen-bond acceptors (Lipinski definition) is 15. The standard InChI is InChI=1S/C27H45N3O12/c1-4-34-13-16-40-22(19-37-10-7-31-1)25-28-26(23-20-38-11-8-32-2-5-35-14-17-41-23)30-27(29-25)24-21-39-12-9-33-3-6-36-15-18-42-24/h22-24H,1-21H2. The number of rotatable bonds is 3. The second-order valence-corrected chi connectivity index (χ2v) is 9.39. The zero-order valence-corrected chi connectivity index (χ0v) is 24.3. The van der Waals surface area contributed by atoms with E-state index in [-0.39, 0.29) is 19.8 Å². The molecule has 0 aromatic carbocycles. The van der Waals surface area contributed by atoms with Crippen LogP contribution in [-0.2, 0) is 56.8 Å². The Morgan fingerprint density at radius 2 is 0.500 bits per heavy atom. The Bertz CT molecular complexity index is 689. The van der Waals surface area contributed by atoms with Crippen LogP contribution in [0.2, 0.25) is 0 Å². The lowest BCUT2D eigenvalue weighted by molar-refractivity contribution is -0.0783. The smallest absolute Gasteiger partial charge is 0.163 e. The first-order valence-electron chi connectivity index (χ1n) is 14.7. The first-order chi connectivity index (χ1) is 20.9. The van der Waals surface area contributed by atoms with E-state index in [0.717, 1.165) is 0 Å². The van der Waals surface area contributed by atoms with Crippen LogP contribution in [0, 0.1) is 0 Å². The summed E-state index contributed by atoms with van der Waals surface area (Å²) < 4.78 is 69.4. The van der Waals surface area contributed by atoms with Gasteiger partial charge in [-0.25, -0.2) is 15.0 Å². The van der Waals surface area contributed by atoms with Crippen LogP contribution >= 0.6 is 0 Å². The van der Waals surface area contributed by atoms with Crippen LogP contribution in [0.5, 0.6) is 0 Å². The SMILES string of the molecule is C1COCCOC(c2nc(C3COCCOCCOCCO3)nc(C3COCCOCCOCCO3)n2)COCCO1. The lowest BCUT2D eigenvalue weighted by atomic mass is 10.2. The molecule has 240 valence electrons. The Balaban J connectivity index is 1.59. The van der Waals surface area contributed by atoms with E-state index < -0.39 is 18.3 Å². The van der Waals surface area contributed by atoms with E-state index >= 15 is 0 Å². The van der Waals surface area contributed by atoms with Gasteiger partial charge in [-0.05, 0) is 0 Å². The van der Waals surface area contributed by atoms with Crippen LogP contribution in [-0.4, -0.2) is 154 Å². The van der Waals surface area contributed by atoms with Gasteiger partial charge < -0.3 is 56.8 Å². The van der Waals surface area contributed by atoms with E-state index in [1.54, 1.807) is 0 Å². The summed E-state index contributed by atoms with van der Waals surface area (Å²) in [7, 11) is 0. The zero-order valence-electron chi connectivity index (χ0n) is 24.3. The van der Waals surface area contributed by atoms with Crippen LogP contribution in [0.4, 0.5) is 0 Å². The summed E-state index contributed by atoms with van der Waals surface area (Å²) in [6.45, 7) is 8.31. The highest BCUT2D eigenvalue weighted by atomic mass is 16.6. The maximum absolute atomic E-state index is 6.15. The molecule has 42 heavy (non-hydrogen) atoms. The highest BCUT2D eigenvalue weighted by Gasteiger charge is 2.27. The molecule has 4 heterocycles. The predicted octanol–water partition coefficient (Wildman–Crippen LogP) is 0.235. The third-order valence-electron chi connectivity index (χ3n) is 6.23. The van der Waals surface area contributed by atoms with Gasteiger partial charge in [0.05, 0.1) is 139 Å². The summed E-state index contributed by atoms with van der Waals surface area (Å²) >= 11 is 0. The molecule has 0 aliphatic carbocycles. The van der Waals surface area contributed by atoms with Crippen molar-refractivity contribution >= 4 is 0 Å². The molecule has 1 aromatic heterocycles. The lowest BCUT2D eigenvalue weighted by Crippen LogP contribution is -2.27. The molecule has 0 N–H and O–H groups in total. The Kier molecular flexibility index (Phi) is 16.9. The van der Waals surface area contributed by atoms with E-state index in [1.807, 2.05) is 0 Å².